The lowest BCUT2D eigenvalue weighted by Gasteiger charge is -2.40. The number of likely N-dealkylation sites (tertiary alicyclic amines) is 1. The van der Waals surface area contributed by atoms with Crippen molar-refractivity contribution >= 4 is 23.1 Å². The summed E-state index contributed by atoms with van der Waals surface area (Å²) in [6.07, 6.45) is 7.35. The number of nitrogens with one attached hydrogen (secondary N) is 2. The average molecular weight is 497 g/mol. The van der Waals surface area contributed by atoms with Crippen LogP contribution in [0, 0.1) is 5.92 Å². The van der Waals surface area contributed by atoms with Gasteiger partial charge in [0.05, 0.1) is 11.4 Å². The second-order valence-electron chi connectivity index (χ2n) is 10.6. The zero-order valence-corrected chi connectivity index (χ0v) is 22.8. The monoisotopic (exact) mass is 496 g/mol. The highest BCUT2D eigenvalue weighted by atomic mass is 16.4. The Kier molecular flexibility index (Phi) is 9.74. The highest BCUT2D eigenvalue weighted by Crippen LogP contribution is 2.41. The summed E-state index contributed by atoms with van der Waals surface area (Å²) in [6.45, 7) is 12.5. The Hall–Kier alpha value is -2.64. The maximum atomic E-state index is 12.3. The molecule has 1 aromatic rings. The topological polar surface area (TPSA) is 84.9 Å². The van der Waals surface area contributed by atoms with Crippen molar-refractivity contribution in [1.82, 2.24) is 10.2 Å². The number of fused-ring (bicyclic) bond motifs is 1. The normalized spacial score (nSPS) is 20.4. The SMILES string of the molecule is C/C=C(\C=C(\C)C(=O)CC)C1Nc2cc(CNC(CC(C)C)C(=O)O)ccc2N1C1CCN(C)CC1. The Morgan fingerprint density at radius 2 is 1.94 bits per heavy atom. The van der Waals surface area contributed by atoms with Crippen LogP contribution < -0.4 is 15.5 Å². The summed E-state index contributed by atoms with van der Waals surface area (Å²) in [4.78, 5) is 28.9. The van der Waals surface area contributed by atoms with Gasteiger partial charge in [-0.25, -0.2) is 0 Å². The Morgan fingerprint density at radius 3 is 2.53 bits per heavy atom. The van der Waals surface area contributed by atoms with Crippen LogP contribution in [0.3, 0.4) is 0 Å². The summed E-state index contributed by atoms with van der Waals surface area (Å²) in [5, 5.41) is 16.5. The summed E-state index contributed by atoms with van der Waals surface area (Å²) < 4.78 is 0. The van der Waals surface area contributed by atoms with Crippen molar-refractivity contribution < 1.29 is 14.7 Å². The molecule has 3 rings (SSSR count). The first-order chi connectivity index (χ1) is 17.1. The minimum absolute atomic E-state index is 0.0473. The van der Waals surface area contributed by atoms with E-state index in [0.29, 0.717) is 31.3 Å². The van der Waals surface area contributed by atoms with E-state index in [1.807, 2.05) is 40.7 Å². The van der Waals surface area contributed by atoms with Gasteiger partial charge in [0.2, 0.25) is 0 Å². The molecule has 0 aromatic heterocycles. The molecule has 36 heavy (non-hydrogen) atoms. The second kappa shape index (κ2) is 12.5. The van der Waals surface area contributed by atoms with E-state index in [9.17, 15) is 14.7 Å². The van der Waals surface area contributed by atoms with Gasteiger partial charge in [0.1, 0.15) is 12.2 Å². The molecule has 198 valence electrons. The molecule has 7 heteroatoms. The van der Waals surface area contributed by atoms with Gasteiger partial charge in [0, 0.05) is 19.0 Å². The number of carbonyl (C=O) groups excluding carboxylic acids is 1. The van der Waals surface area contributed by atoms with Crippen molar-refractivity contribution in [3.63, 3.8) is 0 Å². The number of anilines is 2. The van der Waals surface area contributed by atoms with E-state index in [1.54, 1.807) is 0 Å². The third-order valence-electron chi connectivity index (χ3n) is 7.34. The van der Waals surface area contributed by atoms with Crippen molar-refractivity contribution in [3.8, 4) is 0 Å². The van der Waals surface area contributed by atoms with E-state index >= 15 is 0 Å². The number of carbonyl (C=O) groups is 2. The second-order valence-corrected chi connectivity index (χ2v) is 10.6. The van der Waals surface area contributed by atoms with E-state index < -0.39 is 12.0 Å². The van der Waals surface area contributed by atoms with Gasteiger partial charge in [-0.15, -0.1) is 0 Å². The molecular weight excluding hydrogens is 452 g/mol. The Labute approximate surface area is 216 Å². The molecule has 0 radical (unpaired) electrons. The van der Waals surface area contributed by atoms with E-state index in [1.165, 1.54) is 5.69 Å². The van der Waals surface area contributed by atoms with Crippen LogP contribution in [-0.2, 0) is 16.1 Å². The standard InChI is InChI=1S/C29H44N4O3/c1-7-22(16-20(5)27(34)8-2)28-31-24-17-21(18-30-25(29(35)36)15-19(3)4)9-10-26(24)33(28)23-11-13-32(6)14-12-23/h7,9-10,16-17,19,23,25,28,30-31H,8,11-15,18H2,1-6H3,(H,35,36)/b20-16-,22-7+. The van der Waals surface area contributed by atoms with Gasteiger partial charge >= 0.3 is 5.97 Å². The first-order valence-electron chi connectivity index (χ1n) is 13.3. The van der Waals surface area contributed by atoms with E-state index in [2.05, 4.69) is 51.8 Å². The fourth-order valence-corrected chi connectivity index (χ4v) is 5.23. The quantitative estimate of drug-likeness (QED) is 0.300. The zero-order valence-electron chi connectivity index (χ0n) is 22.8. The molecule has 2 aliphatic rings. The first kappa shape index (κ1) is 27.9. The minimum atomic E-state index is -0.807. The molecule has 1 fully saturated rings. The lowest BCUT2D eigenvalue weighted by Crippen LogP contribution is -2.49. The van der Waals surface area contributed by atoms with Crippen LogP contribution in [0.25, 0.3) is 0 Å². The number of allylic oxidation sites excluding steroid dienone is 2. The Bertz CT molecular complexity index is 992. The van der Waals surface area contributed by atoms with Crippen LogP contribution in [-0.4, -0.2) is 60.1 Å². The number of aliphatic carboxylic acids is 1. The van der Waals surface area contributed by atoms with Gasteiger partial charge in [-0.3, -0.25) is 9.59 Å². The van der Waals surface area contributed by atoms with Crippen LogP contribution in [0.4, 0.5) is 11.4 Å². The molecule has 2 unspecified atom stereocenters. The highest BCUT2D eigenvalue weighted by molar-refractivity contribution is 5.95. The van der Waals surface area contributed by atoms with E-state index in [-0.39, 0.29) is 11.9 Å². The molecule has 2 aliphatic heterocycles. The molecule has 3 N–H and O–H groups in total. The third-order valence-corrected chi connectivity index (χ3v) is 7.34. The number of hydrogen-bond donors (Lipinski definition) is 3. The minimum Gasteiger partial charge on any atom is -0.480 e. The molecule has 0 spiro atoms. The average Bonchev–Trinajstić information content (AvgIpc) is 3.22. The van der Waals surface area contributed by atoms with Crippen molar-refractivity contribution in [2.45, 2.75) is 85.1 Å². The Morgan fingerprint density at radius 1 is 1.25 bits per heavy atom. The van der Waals surface area contributed by atoms with Crippen molar-refractivity contribution in [3.05, 3.63) is 47.1 Å². The van der Waals surface area contributed by atoms with Gasteiger partial charge in [-0.05, 0) is 94.1 Å². The van der Waals surface area contributed by atoms with Crippen LogP contribution in [0.15, 0.2) is 41.5 Å². The molecule has 0 saturated carbocycles. The maximum Gasteiger partial charge on any atom is 0.320 e. The Balaban J connectivity index is 1.88. The van der Waals surface area contributed by atoms with Crippen LogP contribution in [0.2, 0.25) is 0 Å². The smallest absolute Gasteiger partial charge is 0.320 e. The van der Waals surface area contributed by atoms with Gasteiger partial charge in [0.15, 0.2) is 5.78 Å². The first-order valence-corrected chi connectivity index (χ1v) is 13.3. The van der Waals surface area contributed by atoms with Crippen molar-refractivity contribution in [2.24, 2.45) is 5.92 Å². The van der Waals surface area contributed by atoms with Crippen molar-refractivity contribution in [1.29, 1.82) is 0 Å². The van der Waals surface area contributed by atoms with Gasteiger partial charge in [-0.1, -0.05) is 32.9 Å². The fraction of sp³-hybridized carbons (Fsp3) is 0.586. The fourth-order valence-electron chi connectivity index (χ4n) is 5.23. The predicted molar refractivity (Wildman–Crippen MR) is 147 cm³/mol. The molecule has 2 heterocycles. The molecular formula is C29H44N4O3. The molecule has 0 aliphatic carbocycles. The summed E-state index contributed by atoms with van der Waals surface area (Å²) in [6, 6.07) is 6.24. The number of benzene rings is 1. The number of Topliss-reactive ketones (excluding diaryl/α,β-unsaturated/α-hetero) is 1. The zero-order chi connectivity index (χ0) is 26.4. The molecule has 0 bridgehead atoms. The van der Waals surface area contributed by atoms with Crippen LogP contribution in [0.5, 0.6) is 0 Å². The van der Waals surface area contributed by atoms with E-state index in [4.69, 9.17) is 0 Å². The number of hydrogen-bond acceptors (Lipinski definition) is 6. The van der Waals surface area contributed by atoms with E-state index in [0.717, 1.165) is 48.3 Å². The molecule has 1 aromatic carbocycles. The molecule has 7 nitrogen and oxygen atoms in total. The molecule has 1 saturated heterocycles. The maximum absolute atomic E-state index is 12.3. The molecule has 2 atom stereocenters. The number of nitrogens with zero attached hydrogens (tertiary/aromatic N) is 2. The highest BCUT2D eigenvalue weighted by Gasteiger charge is 2.36. The van der Waals surface area contributed by atoms with Gasteiger partial charge < -0.3 is 25.5 Å². The summed E-state index contributed by atoms with van der Waals surface area (Å²) in [5.41, 5.74) is 5.15. The van der Waals surface area contributed by atoms with Crippen LogP contribution >= 0.6 is 0 Å². The largest absolute Gasteiger partial charge is 0.480 e. The lowest BCUT2D eigenvalue weighted by molar-refractivity contribution is -0.140. The summed E-state index contributed by atoms with van der Waals surface area (Å²) in [5.74, 6) is -0.337. The summed E-state index contributed by atoms with van der Waals surface area (Å²) >= 11 is 0. The molecule has 0 amide bonds. The third kappa shape index (κ3) is 6.77. The number of ketones is 1. The number of piperidine rings is 1. The predicted octanol–water partition coefficient (Wildman–Crippen LogP) is 4.80. The number of rotatable bonds is 11. The van der Waals surface area contributed by atoms with Crippen LogP contribution in [0.1, 0.15) is 65.9 Å². The number of carboxylic acid groups (broad SMARTS) is 1. The van der Waals surface area contributed by atoms with Crippen molar-refractivity contribution in [2.75, 3.05) is 30.4 Å². The van der Waals surface area contributed by atoms with Gasteiger partial charge in [0.25, 0.3) is 0 Å². The van der Waals surface area contributed by atoms with Gasteiger partial charge in [-0.2, -0.15) is 0 Å². The summed E-state index contributed by atoms with van der Waals surface area (Å²) in [7, 11) is 2.17. The lowest BCUT2D eigenvalue weighted by atomic mass is 9.99. The number of carboxylic acids is 1.